The summed E-state index contributed by atoms with van der Waals surface area (Å²) in [6.07, 6.45) is 2.97. The second kappa shape index (κ2) is 7.54. The summed E-state index contributed by atoms with van der Waals surface area (Å²) in [5.74, 6) is 0.265. The van der Waals surface area contributed by atoms with Gasteiger partial charge in [-0.25, -0.2) is 4.68 Å². The maximum atomic E-state index is 13.2. The Morgan fingerprint density at radius 2 is 1.97 bits per heavy atom. The normalized spacial score (nSPS) is 16.8. The molecule has 1 aromatic carbocycles. The highest BCUT2D eigenvalue weighted by Gasteiger charge is 2.33. The fourth-order valence-electron chi connectivity index (χ4n) is 3.86. The number of nitrogens with two attached hydrogens (primary N) is 1. The molecule has 0 unspecified atom stereocenters. The lowest BCUT2D eigenvalue weighted by molar-refractivity contribution is 0.0635. The number of hydrogen-bond acceptors (Lipinski definition) is 6. The zero-order valence-electron chi connectivity index (χ0n) is 16.5. The van der Waals surface area contributed by atoms with Gasteiger partial charge in [0.15, 0.2) is 5.78 Å². The summed E-state index contributed by atoms with van der Waals surface area (Å²) in [5, 5.41) is 8.15. The molecule has 4 rings (SSSR count). The van der Waals surface area contributed by atoms with Crippen LogP contribution in [0.1, 0.15) is 45.0 Å². The molecular formula is C21H23N5O3. The molecule has 0 aliphatic carbocycles. The molecule has 1 fully saturated rings. The van der Waals surface area contributed by atoms with E-state index in [2.05, 4.69) is 10.3 Å². The number of ketones is 1. The number of aryl methyl sites for hydroxylation is 2. The van der Waals surface area contributed by atoms with Gasteiger partial charge in [0, 0.05) is 19.0 Å². The van der Waals surface area contributed by atoms with Crippen molar-refractivity contribution in [1.82, 2.24) is 19.8 Å². The van der Waals surface area contributed by atoms with E-state index in [4.69, 9.17) is 10.3 Å². The highest BCUT2D eigenvalue weighted by Crippen LogP contribution is 2.27. The van der Waals surface area contributed by atoms with Crippen LogP contribution >= 0.6 is 0 Å². The number of carbonyl (C=O) groups excluding carboxylic acids is 2. The van der Waals surface area contributed by atoms with Crippen LogP contribution in [-0.2, 0) is 0 Å². The van der Waals surface area contributed by atoms with Gasteiger partial charge in [0.1, 0.15) is 17.1 Å². The lowest BCUT2D eigenvalue weighted by Gasteiger charge is -2.32. The summed E-state index contributed by atoms with van der Waals surface area (Å²) in [7, 11) is 0. The number of likely N-dealkylation sites (tertiary alicyclic amines) is 1. The fourth-order valence-corrected chi connectivity index (χ4v) is 3.86. The second-order valence-electron chi connectivity index (χ2n) is 7.34. The number of hydrogen-bond donors (Lipinski definition) is 1. The van der Waals surface area contributed by atoms with Crippen molar-refractivity contribution in [2.45, 2.75) is 26.7 Å². The Morgan fingerprint density at radius 3 is 2.66 bits per heavy atom. The molecule has 8 nitrogen and oxygen atoms in total. The number of aromatic nitrogens is 3. The molecule has 1 aliphatic rings. The number of anilines is 1. The molecule has 150 valence electrons. The first-order chi connectivity index (χ1) is 14.0. The maximum Gasteiger partial charge on any atom is 0.259 e. The fraction of sp³-hybridized carbons (Fsp3) is 0.333. The van der Waals surface area contributed by atoms with E-state index in [0.29, 0.717) is 47.9 Å². The zero-order valence-corrected chi connectivity index (χ0v) is 16.5. The number of rotatable bonds is 4. The zero-order chi connectivity index (χ0) is 20.5. The molecule has 1 saturated heterocycles. The van der Waals surface area contributed by atoms with E-state index in [1.165, 1.54) is 6.20 Å². The van der Waals surface area contributed by atoms with Gasteiger partial charge >= 0.3 is 0 Å². The van der Waals surface area contributed by atoms with E-state index in [1.807, 2.05) is 30.3 Å². The Balaban J connectivity index is 1.54. The third-order valence-corrected chi connectivity index (χ3v) is 5.40. The van der Waals surface area contributed by atoms with Crippen LogP contribution in [0.15, 0.2) is 41.1 Å². The number of benzene rings is 1. The Hall–Kier alpha value is -3.42. The third kappa shape index (κ3) is 3.41. The van der Waals surface area contributed by atoms with Crippen LogP contribution in [0, 0.1) is 19.8 Å². The lowest BCUT2D eigenvalue weighted by atomic mass is 9.90. The van der Waals surface area contributed by atoms with Gasteiger partial charge < -0.3 is 15.2 Å². The Morgan fingerprint density at radius 1 is 1.21 bits per heavy atom. The number of para-hydroxylation sites is 1. The summed E-state index contributed by atoms with van der Waals surface area (Å²) in [6, 6.07) is 9.43. The third-order valence-electron chi connectivity index (χ3n) is 5.40. The van der Waals surface area contributed by atoms with Crippen molar-refractivity contribution >= 4 is 17.5 Å². The molecule has 3 heterocycles. The Labute approximate surface area is 168 Å². The molecule has 1 amide bonds. The number of piperidine rings is 1. The van der Waals surface area contributed by atoms with Crippen molar-refractivity contribution in [1.29, 1.82) is 0 Å². The van der Waals surface area contributed by atoms with Gasteiger partial charge in [0.25, 0.3) is 5.91 Å². The van der Waals surface area contributed by atoms with Gasteiger partial charge in [-0.05, 0) is 38.8 Å². The number of carbonyl (C=O) groups is 2. The molecule has 0 radical (unpaired) electrons. The van der Waals surface area contributed by atoms with Crippen LogP contribution in [0.3, 0.4) is 0 Å². The Kier molecular flexibility index (Phi) is 4.92. The van der Waals surface area contributed by atoms with E-state index in [9.17, 15) is 9.59 Å². The van der Waals surface area contributed by atoms with Crippen LogP contribution in [0.2, 0.25) is 0 Å². The molecule has 29 heavy (non-hydrogen) atoms. The van der Waals surface area contributed by atoms with Crippen molar-refractivity contribution in [3.8, 4) is 5.69 Å². The minimum atomic E-state index is -0.316. The summed E-state index contributed by atoms with van der Waals surface area (Å²) in [6.45, 7) is 4.41. The van der Waals surface area contributed by atoms with Crippen molar-refractivity contribution < 1.29 is 14.1 Å². The summed E-state index contributed by atoms with van der Waals surface area (Å²) < 4.78 is 6.68. The van der Waals surface area contributed by atoms with Crippen LogP contribution in [0.5, 0.6) is 0 Å². The van der Waals surface area contributed by atoms with Crippen molar-refractivity contribution in [2.24, 2.45) is 5.92 Å². The predicted molar refractivity (Wildman–Crippen MR) is 107 cm³/mol. The number of nitrogens with zero attached hydrogens (tertiary/aromatic N) is 4. The first kappa shape index (κ1) is 18.9. The van der Waals surface area contributed by atoms with Crippen LogP contribution < -0.4 is 5.73 Å². The first-order valence-electron chi connectivity index (χ1n) is 9.62. The molecule has 1 aliphatic heterocycles. The smallest absolute Gasteiger partial charge is 0.259 e. The number of amides is 1. The SMILES string of the molecule is Cc1noc(C)c1C(=O)N1CCC[C@@H](C(=O)c2cnn(-c3ccccc3)c2N)C1. The molecule has 0 spiro atoms. The average Bonchev–Trinajstić information content (AvgIpc) is 3.29. The minimum absolute atomic E-state index is 0.0825. The largest absolute Gasteiger partial charge is 0.383 e. The van der Waals surface area contributed by atoms with E-state index < -0.39 is 0 Å². The predicted octanol–water partition coefficient (Wildman–Crippen LogP) is 2.79. The summed E-state index contributed by atoms with van der Waals surface area (Å²) in [4.78, 5) is 27.8. The molecule has 1 atom stereocenters. The van der Waals surface area contributed by atoms with E-state index in [0.717, 1.165) is 12.1 Å². The van der Waals surface area contributed by atoms with Crippen molar-refractivity contribution in [3.63, 3.8) is 0 Å². The summed E-state index contributed by atoms with van der Waals surface area (Å²) >= 11 is 0. The van der Waals surface area contributed by atoms with Gasteiger partial charge in [0.2, 0.25) is 0 Å². The molecule has 0 saturated carbocycles. The minimum Gasteiger partial charge on any atom is -0.383 e. The average molecular weight is 393 g/mol. The number of Topliss-reactive ketones (excluding diaryl/α,β-unsaturated/α-hetero) is 1. The van der Waals surface area contributed by atoms with E-state index >= 15 is 0 Å². The summed E-state index contributed by atoms with van der Waals surface area (Å²) in [5.41, 5.74) is 8.47. The molecule has 8 heteroatoms. The van der Waals surface area contributed by atoms with Gasteiger partial charge in [-0.2, -0.15) is 5.10 Å². The van der Waals surface area contributed by atoms with Crippen LogP contribution in [0.25, 0.3) is 5.69 Å². The topological polar surface area (TPSA) is 107 Å². The monoisotopic (exact) mass is 393 g/mol. The van der Waals surface area contributed by atoms with Crippen LogP contribution in [0.4, 0.5) is 5.82 Å². The maximum absolute atomic E-state index is 13.2. The number of nitrogen functional groups attached to an aromatic ring is 1. The highest BCUT2D eigenvalue weighted by molar-refractivity contribution is 6.02. The molecular weight excluding hydrogens is 370 g/mol. The van der Waals surface area contributed by atoms with E-state index in [-0.39, 0.29) is 17.6 Å². The van der Waals surface area contributed by atoms with Gasteiger partial charge in [-0.15, -0.1) is 0 Å². The van der Waals surface area contributed by atoms with Crippen molar-refractivity contribution in [3.05, 3.63) is 59.1 Å². The van der Waals surface area contributed by atoms with Crippen LogP contribution in [-0.4, -0.2) is 44.6 Å². The molecule has 2 aromatic heterocycles. The van der Waals surface area contributed by atoms with E-state index in [1.54, 1.807) is 23.4 Å². The highest BCUT2D eigenvalue weighted by atomic mass is 16.5. The quantitative estimate of drug-likeness (QED) is 0.683. The lowest BCUT2D eigenvalue weighted by Crippen LogP contribution is -2.42. The van der Waals surface area contributed by atoms with Gasteiger partial charge in [-0.3, -0.25) is 9.59 Å². The van der Waals surface area contributed by atoms with Gasteiger partial charge in [0.05, 0.1) is 23.1 Å². The first-order valence-corrected chi connectivity index (χ1v) is 9.62. The van der Waals surface area contributed by atoms with Crippen molar-refractivity contribution in [2.75, 3.05) is 18.8 Å². The molecule has 2 N–H and O–H groups in total. The molecule has 0 bridgehead atoms. The van der Waals surface area contributed by atoms with Gasteiger partial charge in [-0.1, -0.05) is 23.4 Å². The molecule has 3 aromatic rings. The second-order valence-corrected chi connectivity index (χ2v) is 7.34. The Bertz CT molecular complexity index is 1030. The standard InChI is InChI=1S/C21H23N5O3/c1-13-18(14(2)29-24-13)21(28)25-10-6-7-15(12-25)19(27)17-11-23-26(20(17)22)16-8-4-3-5-9-16/h3-5,8-9,11,15H,6-7,10,12,22H2,1-2H3/t15-/m1/s1.